The molecule has 0 unspecified atom stereocenters. The molecule has 3 rings (SSSR count). The normalized spacial score (nSPS) is 10.2. The van der Waals surface area contributed by atoms with Crippen LogP contribution in [0, 0.1) is 0 Å². The van der Waals surface area contributed by atoms with Crippen LogP contribution in [-0.2, 0) is 9.59 Å². The predicted molar refractivity (Wildman–Crippen MR) is 136 cm³/mol. The standard InChI is InChI=1S/C23H26N4O2S2.ClH/c24-18-10-12-19(13-11-18)30-16-22(29)25-14-6-2-5-9-21(28)27-23-26-20(15-31-23)17-7-3-1-4-8-17;/h1,3-4,7-8,10-13,15H,2,5-6,9,14,16,24H2,(H,25,29)(H,26,27,28);1H. The quantitative estimate of drug-likeness (QED) is 0.194. The lowest BCUT2D eigenvalue weighted by atomic mass is 10.2. The van der Waals surface area contributed by atoms with Crippen LogP contribution in [0.5, 0.6) is 0 Å². The first-order valence-corrected chi connectivity index (χ1v) is 12.0. The second-order valence-corrected chi connectivity index (χ2v) is 8.88. The molecule has 0 radical (unpaired) electrons. The van der Waals surface area contributed by atoms with Gasteiger partial charge in [-0.3, -0.25) is 9.59 Å². The topological polar surface area (TPSA) is 97.1 Å². The maximum atomic E-state index is 12.1. The van der Waals surface area contributed by atoms with E-state index in [0.29, 0.717) is 29.5 Å². The average Bonchev–Trinajstić information content (AvgIpc) is 3.25. The molecule has 0 atom stereocenters. The van der Waals surface area contributed by atoms with Gasteiger partial charge in [0, 0.05) is 34.5 Å². The fourth-order valence-electron chi connectivity index (χ4n) is 2.83. The highest BCUT2D eigenvalue weighted by Crippen LogP contribution is 2.24. The van der Waals surface area contributed by atoms with Gasteiger partial charge < -0.3 is 16.4 Å². The molecule has 2 amide bonds. The minimum Gasteiger partial charge on any atom is -0.399 e. The molecule has 1 heterocycles. The maximum absolute atomic E-state index is 12.1. The molecule has 3 aromatic rings. The van der Waals surface area contributed by atoms with Crippen LogP contribution in [0.3, 0.4) is 0 Å². The number of nitrogens with two attached hydrogens (primary N) is 1. The maximum Gasteiger partial charge on any atom is 0.230 e. The molecule has 2 aromatic carbocycles. The summed E-state index contributed by atoms with van der Waals surface area (Å²) < 4.78 is 0. The van der Waals surface area contributed by atoms with Crippen molar-refractivity contribution < 1.29 is 9.59 Å². The van der Waals surface area contributed by atoms with Crippen molar-refractivity contribution in [3.8, 4) is 11.3 Å². The molecule has 0 saturated heterocycles. The number of halogens is 1. The Balaban J connectivity index is 0.00000363. The fourth-order valence-corrected chi connectivity index (χ4v) is 4.30. The predicted octanol–water partition coefficient (Wildman–Crippen LogP) is 5.22. The monoisotopic (exact) mass is 490 g/mol. The van der Waals surface area contributed by atoms with Gasteiger partial charge in [0.2, 0.25) is 11.8 Å². The zero-order chi connectivity index (χ0) is 21.9. The minimum absolute atomic E-state index is 0. The number of thiazole rings is 1. The summed E-state index contributed by atoms with van der Waals surface area (Å²) in [4.78, 5) is 29.5. The number of rotatable bonds is 11. The first-order chi connectivity index (χ1) is 15.1. The number of hydrogen-bond acceptors (Lipinski definition) is 6. The summed E-state index contributed by atoms with van der Waals surface area (Å²) in [6.07, 6.45) is 2.95. The lowest BCUT2D eigenvalue weighted by molar-refractivity contribution is -0.118. The first kappa shape index (κ1) is 25.7. The van der Waals surface area contributed by atoms with Crippen LogP contribution in [0.4, 0.5) is 10.8 Å². The first-order valence-electron chi connectivity index (χ1n) is 10.2. The number of thioether (sulfide) groups is 1. The van der Waals surface area contributed by atoms with E-state index in [1.807, 2.05) is 60.0 Å². The molecule has 0 aliphatic heterocycles. The molecule has 0 spiro atoms. The van der Waals surface area contributed by atoms with Crippen molar-refractivity contribution in [1.82, 2.24) is 10.3 Å². The summed E-state index contributed by atoms with van der Waals surface area (Å²) in [5.41, 5.74) is 8.27. The van der Waals surface area contributed by atoms with Crippen molar-refractivity contribution in [2.24, 2.45) is 0 Å². The summed E-state index contributed by atoms with van der Waals surface area (Å²) in [6.45, 7) is 0.621. The molecule has 1 aromatic heterocycles. The number of unbranched alkanes of at least 4 members (excludes halogenated alkanes) is 2. The van der Waals surface area contributed by atoms with Crippen molar-refractivity contribution >= 4 is 58.1 Å². The fraction of sp³-hybridized carbons (Fsp3) is 0.261. The van der Waals surface area contributed by atoms with Gasteiger partial charge in [-0.1, -0.05) is 36.8 Å². The number of carbonyl (C=O) groups is 2. The molecule has 0 aliphatic carbocycles. The SMILES string of the molecule is Cl.Nc1ccc(SCC(=O)NCCCCCC(=O)Nc2nc(-c3ccccc3)cs2)cc1. The lowest BCUT2D eigenvalue weighted by Crippen LogP contribution is -2.26. The van der Waals surface area contributed by atoms with Crippen molar-refractivity contribution in [2.45, 2.75) is 30.6 Å². The second-order valence-electron chi connectivity index (χ2n) is 6.97. The van der Waals surface area contributed by atoms with E-state index < -0.39 is 0 Å². The third-order valence-corrected chi connectivity index (χ3v) is 6.24. The Hall–Kier alpha value is -2.55. The molecule has 6 nitrogen and oxygen atoms in total. The number of nitrogens with zero attached hydrogens (tertiary/aromatic N) is 1. The van der Waals surface area contributed by atoms with E-state index in [-0.39, 0.29) is 24.2 Å². The molecule has 32 heavy (non-hydrogen) atoms. The summed E-state index contributed by atoms with van der Waals surface area (Å²) in [6, 6.07) is 17.4. The van der Waals surface area contributed by atoms with Crippen LogP contribution in [0.1, 0.15) is 25.7 Å². The van der Waals surface area contributed by atoms with Crippen LogP contribution >= 0.6 is 35.5 Å². The Morgan fingerprint density at radius 3 is 2.47 bits per heavy atom. The summed E-state index contributed by atoms with van der Waals surface area (Å²) in [7, 11) is 0. The van der Waals surface area contributed by atoms with Gasteiger partial charge in [0.25, 0.3) is 0 Å². The third kappa shape index (κ3) is 8.90. The molecular weight excluding hydrogens is 464 g/mol. The number of nitrogen functional groups attached to an aromatic ring is 1. The van der Waals surface area contributed by atoms with E-state index in [0.717, 1.165) is 35.4 Å². The van der Waals surface area contributed by atoms with Gasteiger partial charge in [-0.05, 0) is 37.1 Å². The Labute approximate surface area is 202 Å². The molecule has 0 bridgehead atoms. The van der Waals surface area contributed by atoms with Crippen molar-refractivity contribution in [3.63, 3.8) is 0 Å². The highest BCUT2D eigenvalue weighted by Gasteiger charge is 2.08. The molecule has 0 saturated carbocycles. The third-order valence-electron chi connectivity index (χ3n) is 4.47. The molecule has 4 N–H and O–H groups in total. The van der Waals surface area contributed by atoms with Crippen molar-refractivity contribution in [2.75, 3.05) is 23.3 Å². The van der Waals surface area contributed by atoms with Gasteiger partial charge in [0.1, 0.15) is 0 Å². The van der Waals surface area contributed by atoms with E-state index in [2.05, 4.69) is 15.6 Å². The van der Waals surface area contributed by atoms with Gasteiger partial charge in [0.05, 0.1) is 11.4 Å². The van der Waals surface area contributed by atoms with E-state index in [4.69, 9.17) is 5.73 Å². The second kappa shape index (κ2) is 13.8. The number of carbonyl (C=O) groups excluding carboxylic acids is 2. The summed E-state index contributed by atoms with van der Waals surface area (Å²) in [5, 5.41) is 8.35. The van der Waals surface area contributed by atoms with Crippen LogP contribution in [0.2, 0.25) is 0 Å². The molecular formula is C23H27ClN4O2S2. The Morgan fingerprint density at radius 2 is 1.72 bits per heavy atom. The van der Waals surface area contributed by atoms with Gasteiger partial charge >= 0.3 is 0 Å². The Bertz CT molecular complexity index is 981. The largest absolute Gasteiger partial charge is 0.399 e. The average molecular weight is 491 g/mol. The number of benzene rings is 2. The number of hydrogen-bond donors (Lipinski definition) is 3. The molecule has 9 heteroatoms. The zero-order valence-corrected chi connectivity index (χ0v) is 20.0. The smallest absolute Gasteiger partial charge is 0.230 e. The zero-order valence-electron chi connectivity index (χ0n) is 17.6. The van der Waals surface area contributed by atoms with Gasteiger partial charge in [-0.15, -0.1) is 35.5 Å². The van der Waals surface area contributed by atoms with Crippen LogP contribution in [0.25, 0.3) is 11.3 Å². The Kier molecular flexibility index (Phi) is 11.1. The number of anilines is 2. The van der Waals surface area contributed by atoms with Crippen LogP contribution < -0.4 is 16.4 Å². The summed E-state index contributed by atoms with van der Waals surface area (Å²) >= 11 is 2.91. The van der Waals surface area contributed by atoms with E-state index in [1.165, 1.54) is 23.1 Å². The van der Waals surface area contributed by atoms with Gasteiger partial charge in [0.15, 0.2) is 5.13 Å². The van der Waals surface area contributed by atoms with E-state index >= 15 is 0 Å². The highest BCUT2D eigenvalue weighted by molar-refractivity contribution is 8.00. The molecule has 0 fully saturated rings. The van der Waals surface area contributed by atoms with Gasteiger partial charge in [-0.2, -0.15) is 0 Å². The number of nitrogens with one attached hydrogen (secondary N) is 2. The minimum atomic E-state index is -0.0297. The van der Waals surface area contributed by atoms with Crippen LogP contribution in [-0.4, -0.2) is 29.1 Å². The number of amides is 2. The number of aromatic nitrogens is 1. The molecule has 0 aliphatic rings. The highest BCUT2D eigenvalue weighted by atomic mass is 35.5. The van der Waals surface area contributed by atoms with Crippen molar-refractivity contribution in [3.05, 3.63) is 60.0 Å². The van der Waals surface area contributed by atoms with E-state index in [9.17, 15) is 9.59 Å². The Morgan fingerprint density at radius 1 is 0.969 bits per heavy atom. The van der Waals surface area contributed by atoms with E-state index in [1.54, 1.807) is 0 Å². The van der Waals surface area contributed by atoms with Crippen LogP contribution in [0.15, 0.2) is 64.9 Å². The summed E-state index contributed by atoms with van der Waals surface area (Å²) in [5.74, 6) is 0.362. The molecule has 170 valence electrons. The lowest BCUT2D eigenvalue weighted by Gasteiger charge is -2.06. The van der Waals surface area contributed by atoms with Gasteiger partial charge in [-0.25, -0.2) is 4.98 Å². The van der Waals surface area contributed by atoms with Crippen molar-refractivity contribution in [1.29, 1.82) is 0 Å².